The van der Waals surface area contributed by atoms with Crippen molar-refractivity contribution in [3.8, 4) is 0 Å². The molecule has 0 saturated carbocycles. The summed E-state index contributed by atoms with van der Waals surface area (Å²) in [7, 11) is 0. The van der Waals surface area contributed by atoms with Crippen LogP contribution in [0.1, 0.15) is 10.4 Å². The standard InChI is InChI=1S/C20H21BrF2IN3O4/c21-15-8-14(19(9-16(15)22)25-18-2-1-12(24)7-17(18)23)20(29)26-31-11-13(28)10-27-3-5-30-6-4-27/h1-2,7-9,13,25,28H,3-6,10-11H2,(H,26,29). The van der Waals surface area contributed by atoms with E-state index in [0.29, 0.717) is 23.3 Å². The quantitative estimate of drug-likeness (QED) is 0.314. The lowest BCUT2D eigenvalue weighted by Gasteiger charge is -2.28. The van der Waals surface area contributed by atoms with Gasteiger partial charge in [-0.25, -0.2) is 14.3 Å². The molecule has 7 nitrogen and oxygen atoms in total. The molecule has 2 aromatic carbocycles. The summed E-state index contributed by atoms with van der Waals surface area (Å²) in [5.41, 5.74) is 2.44. The molecule has 0 aromatic heterocycles. The van der Waals surface area contributed by atoms with E-state index in [1.807, 2.05) is 27.5 Å². The monoisotopic (exact) mass is 611 g/mol. The summed E-state index contributed by atoms with van der Waals surface area (Å²) < 4.78 is 34.3. The number of hydroxylamine groups is 1. The molecule has 0 bridgehead atoms. The van der Waals surface area contributed by atoms with Gasteiger partial charge >= 0.3 is 0 Å². The Labute approximate surface area is 200 Å². The van der Waals surface area contributed by atoms with Gasteiger partial charge in [0, 0.05) is 23.2 Å². The average molecular weight is 612 g/mol. The number of aliphatic hydroxyl groups is 1. The molecule has 0 radical (unpaired) electrons. The zero-order valence-electron chi connectivity index (χ0n) is 16.3. The summed E-state index contributed by atoms with van der Waals surface area (Å²) in [5, 5.41) is 12.8. The molecule has 31 heavy (non-hydrogen) atoms. The average Bonchev–Trinajstić information content (AvgIpc) is 2.73. The molecule has 3 rings (SSSR count). The first kappa shape index (κ1) is 24.3. The van der Waals surface area contributed by atoms with Crippen molar-refractivity contribution in [2.24, 2.45) is 0 Å². The number of anilines is 2. The van der Waals surface area contributed by atoms with Crippen molar-refractivity contribution in [1.82, 2.24) is 10.4 Å². The molecule has 3 N–H and O–H groups in total. The fraction of sp³-hybridized carbons (Fsp3) is 0.350. The van der Waals surface area contributed by atoms with E-state index < -0.39 is 23.6 Å². The second-order valence-electron chi connectivity index (χ2n) is 6.87. The highest BCUT2D eigenvalue weighted by Gasteiger charge is 2.19. The predicted octanol–water partition coefficient (Wildman–Crippen LogP) is 3.43. The van der Waals surface area contributed by atoms with Crippen molar-refractivity contribution < 1.29 is 28.3 Å². The highest BCUT2D eigenvalue weighted by Crippen LogP contribution is 2.29. The van der Waals surface area contributed by atoms with E-state index in [-0.39, 0.29) is 28.0 Å². The van der Waals surface area contributed by atoms with E-state index >= 15 is 0 Å². The number of carbonyl (C=O) groups is 1. The van der Waals surface area contributed by atoms with Crippen LogP contribution >= 0.6 is 38.5 Å². The first-order chi connectivity index (χ1) is 14.8. The van der Waals surface area contributed by atoms with E-state index in [0.717, 1.165) is 19.2 Å². The molecule has 168 valence electrons. The topological polar surface area (TPSA) is 83.1 Å². The minimum atomic E-state index is -0.808. The molecule has 1 atom stereocenters. The number of rotatable bonds is 8. The van der Waals surface area contributed by atoms with Gasteiger partial charge in [-0.2, -0.15) is 0 Å². The highest BCUT2D eigenvalue weighted by molar-refractivity contribution is 14.1. The lowest BCUT2D eigenvalue weighted by Crippen LogP contribution is -2.42. The molecule has 1 heterocycles. The molecule has 0 aliphatic carbocycles. The van der Waals surface area contributed by atoms with E-state index in [1.165, 1.54) is 18.2 Å². The summed E-state index contributed by atoms with van der Waals surface area (Å²) >= 11 is 5.02. The maximum atomic E-state index is 14.2. The molecule has 1 aliphatic heterocycles. The number of halogens is 4. The summed E-state index contributed by atoms with van der Waals surface area (Å²) in [6.07, 6.45) is -0.808. The Kier molecular flexibility index (Phi) is 8.98. The van der Waals surface area contributed by atoms with E-state index in [4.69, 9.17) is 9.57 Å². The largest absolute Gasteiger partial charge is 0.389 e. The molecular formula is C20H21BrF2IN3O4. The van der Waals surface area contributed by atoms with Gasteiger partial charge in [0.15, 0.2) is 0 Å². The molecule has 2 aromatic rings. The van der Waals surface area contributed by atoms with Crippen molar-refractivity contribution in [1.29, 1.82) is 0 Å². The van der Waals surface area contributed by atoms with Gasteiger partial charge in [0.25, 0.3) is 5.91 Å². The van der Waals surface area contributed by atoms with Gasteiger partial charge in [-0.1, -0.05) is 0 Å². The van der Waals surface area contributed by atoms with Gasteiger partial charge in [-0.05, 0) is 68.9 Å². The van der Waals surface area contributed by atoms with Gasteiger partial charge in [0.1, 0.15) is 18.2 Å². The van der Waals surface area contributed by atoms with Crippen LogP contribution in [0.2, 0.25) is 0 Å². The second kappa shape index (κ2) is 11.5. The summed E-state index contributed by atoms with van der Waals surface area (Å²) in [6, 6.07) is 6.85. The maximum absolute atomic E-state index is 14.2. The van der Waals surface area contributed by atoms with Crippen LogP contribution in [0, 0.1) is 15.2 Å². The number of aliphatic hydroxyl groups excluding tert-OH is 1. The van der Waals surface area contributed by atoms with Crippen LogP contribution in [0.15, 0.2) is 34.8 Å². The van der Waals surface area contributed by atoms with Crippen LogP contribution < -0.4 is 10.8 Å². The van der Waals surface area contributed by atoms with E-state index in [1.54, 1.807) is 6.07 Å². The third-order valence-corrected chi connectivity index (χ3v) is 5.80. The van der Waals surface area contributed by atoms with Gasteiger partial charge in [0.05, 0.1) is 40.7 Å². The van der Waals surface area contributed by atoms with Gasteiger partial charge in [-0.15, -0.1) is 0 Å². The number of benzene rings is 2. The molecular weight excluding hydrogens is 591 g/mol. The number of amides is 1. The van der Waals surface area contributed by atoms with Crippen LogP contribution in [0.3, 0.4) is 0 Å². The normalized spacial score (nSPS) is 15.5. The smallest absolute Gasteiger partial charge is 0.276 e. The number of β-amino-alcohol motifs (C(OH)–C–C–N with tert-alkyl or cyclic N) is 1. The minimum Gasteiger partial charge on any atom is -0.389 e. The van der Waals surface area contributed by atoms with Crippen molar-refractivity contribution in [2.45, 2.75) is 6.10 Å². The Hall–Kier alpha value is -1.38. The summed E-state index contributed by atoms with van der Waals surface area (Å²) in [6.45, 7) is 2.93. The first-order valence-electron chi connectivity index (χ1n) is 9.45. The van der Waals surface area contributed by atoms with Crippen molar-refractivity contribution in [3.05, 3.63) is 55.6 Å². The molecule has 1 aliphatic rings. The van der Waals surface area contributed by atoms with Gasteiger partial charge in [0.2, 0.25) is 0 Å². The number of nitrogens with zero attached hydrogens (tertiary/aromatic N) is 1. The molecule has 1 amide bonds. The Bertz CT molecular complexity index is 932. The SMILES string of the molecule is O=C(NOCC(O)CN1CCOCC1)c1cc(Br)c(F)cc1Nc1ccc(I)cc1F. The van der Waals surface area contributed by atoms with Crippen LogP contribution in [0.4, 0.5) is 20.2 Å². The Morgan fingerprint density at radius 1 is 1.23 bits per heavy atom. The zero-order chi connectivity index (χ0) is 22.4. The lowest BCUT2D eigenvalue weighted by molar-refractivity contribution is -0.0362. The first-order valence-corrected chi connectivity index (χ1v) is 11.3. The molecule has 0 spiro atoms. The van der Waals surface area contributed by atoms with Crippen LogP contribution in [0.5, 0.6) is 0 Å². The Balaban J connectivity index is 1.63. The molecule has 11 heteroatoms. The number of carbonyl (C=O) groups excluding carboxylic acids is 1. The van der Waals surface area contributed by atoms with Gasteiger partial charge in [-0.3, -0.25) is 14.5 Å². The van der Waals surface area contributed by atoms with Crippen molar-refractivity contribution in [2.75, 3.05) is 44.8 Å². The number of hydrogen-bond donors (Lipinski definition) is 3. The molecule has 1 unspecified atom stereocenters. The molecule has 1 fully saturated rings. The van der Waals surface area contributed by atoms with Crippen molar-refractivity contribution in [3.63, 3.8) is 0 Å². The minimum absolute atomic E-state index is 0.0360. The van der Waals surface area contributed by atoms with Crippen LogP contribution in [-0.2, 0) is 9.57 Å². The Morgan fingerprint density at radius 3 is 2.68 bits per heavy atom. The predicted molar refractivity (Wildman–Crippen MR) is 123 cm³/mol. The molecule has 1 saturated heterocycles. The fourth-order valence-electron chi connectivity index (χ4n) is 2.97. The van der Waals surface area contributed by atoms with Crippen LogP contribution in [0.25, 0.3) is 0 Å². The second-order valence-corrected chi connectivity index (χ2v) is 8.97. The zero-order valence-corrected chi connectivity index (χ0v) is 20.1. The number of hydrogen-bond acceptors (Lipinski definition) is 6. The van der Waals surface area contributed by atoms with E-state index in [2.05, 4.69) is 26.7 Å². The number of nitrogens with one attached hydrogen (secondary N) is 2. The third kappa shape index (κ3) is 7.05. The van der Waals surface area contributed by atoms with Gasteiger partial charge < -0.3 is 15.2 Å². The number of morpholine rings is 1. The van der Waals surface area contributed by atoms with Crippen LogP contribution in [-0.4, -0.2) is 61.5 Å². The fourth-order valence-corrected chi connectivity index (χ4v) is 3.76. The number of ether oxygens (including phenoxy) is 1. The summed E-state index contributed by atoms with van der Waals surface area (Å²) in [4.78, 5) is 19.8. The summed E-state index contributed by atoms with van der Waals surface area (Å²) in [5.74, 6) is -1.83. The highest BCUT2D eigenvalue weighted by atomic mass is 127. The maximum Gasteiger partial charge on any atom is 0.276 e. The lowest BCUT2D eigenvalue weighted by atomic mass is 10.1. The van der Waals surface area contributed by atoms with Crippen molar-refractivity contribution >= 4 is 55.8 Å². The third-order valence-electron chi connectivity index (χ3n) is 4.52. The van der Waals surface area contributed by atoms with E-state index in [9.17, 15) is 18.7 Å². The Morgan fingerprint density at radius 2 is 1.97 bits per heavy atom.